The molecule has 9 heteroatoms. The summed E-state index contributed by atoms with van der Waals surface area (Å²) < 4.78 is 11.2. The average molecular weight is 547 g/mol. The van der Waals surface area contributed by atoms with Gasteiger partial charge in [-0.2, -0.15) is 0 Å². The number of rotatable bonds is 5. The minimum Gasteiger partial charge on any atom is -0.497 e. The van der Waals surface area contributed by atoms with Gasteiger partial charge < -0.3 is 14.8 Å². The van der Waals surface area contributed by atoms with E-state index >= 15 is 0 Å². The third kappa shape index (κ3) is 8.54. The summed E-state index contributed by atoms with van der Waals surface area (Å²) in [4.78, 5) is 39.3. The van der Waals surface area contributed by atoms with Crippen molar-refractivity contribution in [2.75, 3.05) is 7.11 Å². The number of halogens is 1. The van der Waals surface area contributed by atoms with Gasteiger partial charge in [-0.3, -0.25) is 9.59 Å². The smallest absolute Gasteiger partial charge is 0.426 e. The highest BCUT2D eigenvalue weighted by molar-refractivity contribution is 14.1. The maximum atomic E-state index is 13.6. The van der Waals surface area contributed by atoms with Gasteiger partial charge in [-0.25, -0.2) is 15.2 Å². The van der Waals surface area contributed by atoms with Crippen LogP contribution >= 0.6 is 22.6 Å². The van der Waals surface area contributed by atoms with Gasteiger partial charge in [0.1, 0.15) is 17.4 Å². The van der Waals surface area contributed by atoms with E-state index in [0.717, 1.165) is 5.01 Å². The normalized spacial score (nSPS) is 12.7. The molecular formula is C22H34IN3O5. The summed E-state index contributed by atoms with van der Waals surface area (Å²) in [5, 5.41) is 3.95. The van der Waals surface area contributed by atoms with Crippen LogP contribution < -0.4 is 15.5 Å². The van der Waals surface area contributed by atoms with Gasteiger partial charge in [-0.15, -0.1) is 0 Å². The van der Waals surface area contributed by atoms with E-state index in [0.29, 0.717) is 14.9 Å². The second-order valence-electron chi connectivity index (χ2n) is 9.56. The van der Waals surface area contributed by atoms with Gasteiger partial charge in [-0.05, 0) is 88.3 Å². The maximum absolute atomic E-state index is 13.6. The van der Waals surface area contributed by atoms with Gasteiger partial charge in [0.15, 0.2) is 0 Å². The minimum atomic E-state index is -0.971. The van der Waals surface area contributed by atoms with E-state index in [-0.39, 0.29) is 11.8 Å². The fourth-order valence-electron chi connectivity index (χ4n) is 2.73. The Hall–Kier alpha value is -2.04. The van der Waals surface area contributed by atoms with E-state index in [4.69, 9.17) is 9.47 Å². The molecule has 0 aliphatic carbocycles. The van der Waals surface area contributed by atoms with Crippen LogP contribution in [-0.2, 0) is 9.53 Å². The van der Waals surface area contributed by atoms with Crippen LogP contribution in [0.4, 0.5) is 4.79 Å². The van der Waals surface area contributed by atoms with Crippen LogP contribution in [-0.4, -0.2) is 47.2 Å². The van der Waals surface area contributed by atoms with Gasteiger partial charge in [-0.1, -0.05) is 13.8 Å². The maximum Gasteiger partial charge on any atom is 0.426 e. The molecule has 2 N–H and O–H groups in total. The summed E-state index contributed by atoms with van der Waals surface area (Å²) in [7, 11) is 1.50. The molecule has 1 unspecified atom stereocenters. The number of carbonyl (C=O) groups excluding carboxylic acids is 3. The molecule has 0 bridgehead atoms. The second kappa shape index (κ2) is 10.5. The number of hydrogen-bond acceptors (Lipinski definition) is 5. The molecule has 0 fully saturated rings. The number of carbonyl (C=O) groups is 3. The lowest BCUT2D eigenvalue weighted by Crippen LogP contribution is -2.61. The highest BCUT2D eigenvalue weighted by Crippen LogP contribution is 2.23. The molecule has 3 amide bonds. The van der Waals surface area contributed by atoms with Gasteiger partial charge in [0.2, 0.25) is 5.91 Å². The number of nitrogens with one attached hydrogen (secondary N) is 2. The Morgan fingerprint density at radius 1 is 1.06 bits per heavy atom. The molecule has 0 radical (unpaired) electrons. The third-order valence-corrected chi connectivity index (χ3v) is 4.85. The van der Waals surface area contributed by atoms with Crippen molar-refractivity contribution in [2.24, 2.45) is 5.92 Å². The van der Waals surface area contributed by atoms with Crippen molar-refractivity contribution in [1.82, 2.24) is 15.8 Å². The SMILES string of the molecule is COc1ccc(I)c(C(=O)N(NC(=O)OC(C)(C)C)C(C(=O)NC(C)(C)C)C(C)C)c1. The summed E-state index contributed by atoms with van der Waals surface area (Å²) >= 11 is 2.03. The van der Waals surface area contributed by atoms with Gasteiger partial charge >= 0.3 is 6.09 Å². The van der Waals surface area contributed by atoms with Gasteiger partial charge in [0, 0.05) is 9.11 Å². The summed E-state index contributed by atoms with van der Waals surface area (Å²) in [6.07, 6.45) is -0.826. The first-order valence-electron chi connectivity index (χ1n) is 10.0. The minimum absolute atomic E-state index is 0.296. The molecule has 0 saturated carbocycles. The van der Waals surface area contributed by atoms with Crippen molar-refractivity contribution in [3.05, 3.63) is 27.3 Å². The first-order chi connectivity index (χ1) is 14.1. The number of nitrogens with zero attached hydrogens (tertiary/aromatic N) is 1. The van der Waals surface area contributed by atoms with E-state index in [2.05, 4.69) is 10.7 Å². The molecule has 1 aromatic rings. The van der Waals surface area contributed by atoms with E-state index in [1.807, 2.05) is 43.4 Å². The fourth-order valence-corrected chi connectivity index (χ4v) is 3.30. The predicted molar refractivity (Wildman–Crippen MR) is 128 cm³/mol. The monoisotopic (exact) mass is 547 g/mol. The second-order valence-corrected chi connectivity index (χ2v) is 10.7. The quantitative estimate of drug-likeness (QED) is 0.427. The molecule has 0 heterocycles. The zero-order valence-corrected chi connectivity index (χ0v) is 21.9. The Bertz CT molecular complexity index is 812. The first kappa shape index (κ1) is 27.0. The molecule has 1 atom stereocenters. The Morgan fingerprint density at radius 2 is 1.65 bits per heavy atom. The van der Waals surface area contributed by atoms with Crippen molar-refractivity contribution < 1.29 is 23.9 Å². The number of hydrazine groups is 1. The average Bonchev–Trinajstić information content (AvgIpc) is 2.57. The Kier molecular flexibility index (Phi) is 9.16. The number of benzene rings is 1. The van der Waals surface area contributed by atoms with Crippen molar-refractivity contribution in [3.8, 4) is 5.75 Å². The van der Waals surface area contributed by atoms with E-state index in [1.165, 1.54) is 7.11 Å². The third-order valence-electron chi connectivity index (χ3n) is 3.91. The van der Waals surface area contributed by atoms with Crippen LogP contribution in [0.5, 0.6) is 5.75 Å². The van der Waals surface area contributed by atoms with Crippen LogP contribution in [0.2, 0.25) is 0 Å². The van der Waals surface area contributed by atoms with Crippen molar-refractivity contribution in [3.63, 3.8) is 0 Å². The summed E-state index contributed by atoms with van der Waals surface area (Å²) in [5.74, 6) is -0.743. The van der Waals surface area contributed by atoms with E-state index in [9.17, 15) is 14.4 Å². The summed E-state index contributed by atoms with van der Waals surface area (Å²) in [6.45, 7) is 14.3. The van der Waals surface area contributed by atoms with E-state index in [1.54, 1.807) is 52.8 Å². The van der Waals surface area contributed by atoms with Crippen LogP contribution in [0.25, 0.3) is 0 Å². The molecule has 0 aliphatic rings. The zero-order chi connectivity index (χ0) is 24.1. The van der Waals surface area contributed by atoms with Gasteiger partial charge in [0.05, 0.1) is 12.7 Å². The molecule has 0 aliphatic heterocycles. The predicted octanol–water partition coefficient (Wildman–Crippen LogP) is 4.12. The van der Waals surface area contributed by atoms with Crippen LogP contribution in [0, 0.1) is 9.49 Å². The van der Waals surface area contributed by atoms with Crippen molar-refractivity contribution in [2.45, 2.75) is 72.6 Å². The Balaban J connectivity index is 3.46. The lowest BCUT2D eigenvalue weighted by atomic mass is 9.99. The largest absolute Gasteiger partial charge is 0.497 e. The van der Waals surface area contributed by atoms with Crippen molar-refractivity contribution >= 4 is 40.5 Å². The number of hydrogen-bond donors (Lipinski definition) is 2. The highest BCUT2D eigenvalue weighted by Gasteiger charge is 2.37. The van der Waals surface area contributed by atoms with Gasteiger partial charge in [0.25, 0.3) is 5.91 Å². The van der Waals surface area contributed by atoms with Crippen LogP contribution in [0.15, 0.2) is 18.2 Å². The number of ether oxygens (including phenoxy) is 2. The highest BCUT2D eigenvalue weighted by atomic mass is 127. The topological polar surface area (TPSA) is 97.0 Å². The summed E-state index contributed by atoms with van der Waals surface area (Å²) in [6, 6.07) is 4.07. The molecule has 0 aromatic heterocycles. The first-order valence-corrected chi connectivity index (χ1v) is 11.1. The molecule has 0 spiro atoms. The molecule has 0 saturated heterocycles. The Labute approximate surface area is 198 Å². The number of amides is 3. The van der Waals surface area contributed by atoms with E-state index < -0.39 is 29.2 Å². The van der Waals surface area contributed by atoms with Crippen LogP contribution in [0.1, 0.15) is 65.7 Å². The lowest BCUT2D eigenvalue weighted by Gasteiger charge is -2.35. The molecule has 174 valence electrons. The zero-order valence-electron chi connectivity index (χ0n) is 19.8. The standard InChI is InChI=1S/C22H34IN3O5/c1-13(2)17(18(27)24-21(3,4)5)26(25-20(29)31-22(6,7)8)19(28)15-12-14(30-9)10-11-16(15)23/h10-13,17H,1-9H3,(H,24,27)(H,25,29). The molecule has 1 rings (SSSR count). The summed E-state index contributed by atoms with van der Waals surface area (Å²) in [5.41, 5.74) is 1.51. The molecule has 31 heavy (non-hydrogen) atoms. The molecule has 1 aromatic carbocycles. The Morgan fingerprint density at radius 3 is 2.10 bits per heavy atom. The molecular weight excluding hydrogens is 513 g/mol. The lowest BCUT2D eigenvalue weighted by molar-refractivity contribution is -0.129. The van der Waals surface area contributed by atoms with Crippen molar-refractivity contribution in [1.29, 1.82) is 0 Å². The fraction of sp³-hybridized carbons (Fsp3) is 0.591. The van der Waals surface area contributed by atoms with Crippen LogP contribution in [0.3, 0.4) is 0 Å². The molecule has 8 nitrogen and oxygen atoms in total. The number of methoxy groups -OCH3 is 1.